The molecule has 2 heterocycles. The summed E-state index contributed by atoms with van der Waals surface area (Å²) in [5.41, 5.74) is 0.548. The molecule has 1 aromatic heterocycles. The lowest BCUT2D eigenvalue weighted by Gasteiger charge is -2.26. The molecule has 1 saturated heterocycles. The van der Waals surface area contributed by atoms with Crippen molar-refractivity contribution in [3.63, 3.8) is 0 Å². The monoisotopic (exact) mass is 436 g/mol. The zero-order valence-corrected chi connectivity index (χ0v) is 18.4. The first-order valence-corrected chi connectivity index (χ1v) is 11.2. The van der Waals surface area contributed by atoms with Crippen LogP contribution in [0.25, 0.3) is 0 Å². The topological polar surface area (TPSA) is 35.5 Å². The van der Waals surface area contributed by atoms with Crippen molar-refractivity contribution in [2.75, 3.05) is 24.2 Å². The van der Waals surface area contributed by atoms with E-state index in [1.54, 1.807) is 11.3 Å². The van der Waals surface area contributed by atoms with Crippen molar-refractivity contribution >= 4 is 57.7 Å². The third-order valence-corrected chi connectivity index (χ3v) is 7.07. The number of thioether (sulfide) groups is 1. The third-order valence-electron chi connectivity index (χ3n) is 4.04. The second kappa shape index (κ2) is 8.85. The maximum absolute atomic E-state index is 9.34. The lowest BCUT2D eigenvalue weighted by Crippen LogP contribution is -2.33. The molecule has 0 amide bonds. The first-order valence-electron chi connectivity index (χ1n) is 8.56. The van der Waals surface area contributed by atoms with Crippen LogP contribution in [0.2, 0.25) is 5.02 Å². The number of halogens is 1. The molecule has 0 aliphatic carbocycles. The van der Waals surface area contributed by atoms with Crippen molar-refractivity contribution < 1.29 is 5.11 Å². The average Bonchev–Trinajstić information content (AvgIpc) is 3.31. The van der Waals surface area contributed by atoms with E-state index in [0.717, 1.165) is 28.0 Å². The quantitative estimate of drug-likeness (QED) is 0.509. The number of thiophene rings is 1. The van der Waals surface area contributed by atoms with Crippen molar-refractivity contribution in [1.82, 2.24) is 4.90 Å². The minimum absolute atomic E-state index is 0.0507. The zero-order chi connectivity index (χ0) is 19.4. The van der Waals surface area contributed by atoms with Gasteiger partial charge in [-0.3, -0.25) is 0 Å². The highest BCUT2D eigenvalue weighted by Crippen LogP contribution is 2.41. The summed E-state index contributed by atoms with van der Waals surface area (Å²) < 4.78 is 0. The van der Waals surface area contributed by atoms with E-state index in [4.69, 9.17) is 23.8 Å². The molecule has 0 spiro atoms. The molecule has 27 heavy (non-hydrogen) atoms. The van der Waals surface area contributed by atoms with Crippen LogP contribution < -0.4 is 5.32 Å². The molecule has 0 unspecified atom stereocenters. The number of rotatable bonds is 3. The molecule has 142 valence electrons. The van der Waals surface area contributed by atoms with Crippen molar-refractivity contribution in [3.05, 3.63) is 51.2 Å². The van der Waals surface area contributed by atoms with Gasteiger partial charge in [-0.25, -0.2) is 0 Å². The summed E-state index contributed by atoms with van der Waals surface area (Å²) in [4.78, 5) is 4.47. The molecule has 0 saturated carbocycles. The van der Waals surface area contributed by atoms with Gasteiger partial charge in [-0.05, 0) is 62.5 Å². The third kappa shape index (κ3) is 5.40. The number of aliphatic hydroxyl groups excluding tert-OH is 1. The van der Waals surface area contributed by atoms with Gasteiger partial charge in [0.25, 0.3) is 0 Å². The normalized spacial score (nSPS) is 16.7. The first kappa shape index (κ1) is 20.5. The molecule has 1 aromatic carbocycles. The van der Waals surface area contributed by atoms with E-state index >= 15 is 0 Å². The van der Waals surface area contributed by atoms with Gasteiger partial charge in [0.05, 0.1) is 11.5 Å². The number of benzene rings is 1. The van der Waals surface area contributed by atoms with Crippen LogP contribution in [-0.2, 0) is 0 Å². The fraction of sp³-hybridized carbons (Fsp3) is 0.350. The van der Waals surface area contributed by atoms with Crippen LogP contribution in [0.3, 0.4) is 0 Å². The van der Waals surface area contributed by atoms with Gasteiger partial charge < -0.3 is 15.3 Å². The van der Waals surface area contributed by atoms with E-state index in [1.165, 1.54) is 4.88 Å². The van der Waals surface area contributed by atoms with E-state index in [0.29, 0.717) is 5.02 Å². The number of hydrogen-bond donors (Lipinski definition) is 2. The fourth-order valence-corrected chi connectivity index (χ4v) is 5.34. The SMILES string of the molecule is CC(C)(C#Cc1ccc([C@@H]2SCCN2C(=S)Nc2ccc(Cl)cc2)s1)CO. The van der Waals surface area contributed by atoms with Crippen LogP contribution >= 0.6 is 46.9 Å². The Bertz CT molecular complexity index is 867. The van der Waals surface area contributed by atoms with Crippen LogP contribution in [0.1, 0.15) is 29.0 Å². The van der Waals surface area contributed by atoms with Crippen LogP contribution in [-0.4, -0.2) is 34.0 Å². The van der Waals surface area contributed by atoms with E-state index in [9.17, 15) is 5.11 Å². The minimum atomic E-state index is -0.387. The number of nitrogens with one attached hydrogen (secondary N) is 1. The van der Waals surface area contributed by atoms with Crippen LogP contribution in [0.15, 0.2) is 36.4 Å². The van der Waals surface area contributed by atoms with Crippen molar-refractivity contribution in [3.8, 4) is 11.8 Å². The van der Waals surface area contributed by atoms with Crippen molar-refractivity contribution in [1.29, 1.82) is 0 Å². The molecule has 1 fully saturated rings. The molecule has 2 aromatic rings. The molecular weight excluding hydrogens is 416 g/mol. The maximum atomic E-state index is 9.34. The van der Waals surface area contributed by atoms with Crippen LogP contribution in [0.5, 0.6) is 0 Å². The van der Waals surface area contributed by atoms with Crippen molar-refractivity contribution in [2.45, 2.75) is 19.2 Å². The molecule has 1 atom stereocenters. The lowest BCUT2D eigenvalue weighted by molar-refractivity contribution is 0.207. The largest absolute Gasteiger partial charge is 0.395 e. The zero-order valence-electron chi connectivity index (χ0n) is 15.2. The summed E-state index contributed by atoms with van der Waals surface area (Å²) in [5, 5.41) is 14.3. The van der Waals surface area contributed by atoms with Gasteiger partial charge in [-0.1, -0.05) is 23.4 Å². The minimum Gasteiger partial charge on any atom is -0.395 e. The summed E-state index contributed by atoms with van der Waals surface area (Å²) in [6.45, 7) is 4.83. The van der Waals surface area contributed by atoms with Gasteiger partial charge in [0.15, 0.2) is 5.11 Å². The summed E-state index contributed by atoms with van der Waals surface area (Å²) >= 11 is 15.2. The molecule has 0 radical (unpaired) electrons. The maximum Gasteiger partial charge on any atom is 0.174 e. The Labute approximate surface area is 179 Å². The average molecular weight is 437 g/mol. The van der Waals surface area contributed by atoms with E-state index in [-0.39, 0.29) is 17.4 Å². The Hall–Kier alpha value is -1.23. The molecule has 7 heteroatoms. The highest BCUT2D eigenvalue weighted by Gasteiger charge is 2.29. The number of anilines is 1. The Morgan fingerprint density at radius 3 is 2.78 bits per heavy atom. The molecule has 1 aliphatic heterocycles. The van der Waals surface area contributed by atoms with Gasteiger partial charge in [-0.2, -0.15) is 0 Å². The standard InChI is InChI=1S/C20H21ClN2OS3/c1-20(2,13-24)10-9-16-7-8-17(27-16)18-23(11-12-26-18)19(25)22-15-5-3-14(21)4-6-15/h3-8,18,24H,11-13H2,1-2H3,(H,22,25)/t18-/m0/s1. The molecule has 1 aliphatic rings. The molecule has 2 N–H and O–H groups in total. The second-order valence-electron chi connectivity index (χ2n) is 6.85. The lowest BCUT2D eigenvalue weighted by atomic mass is 9.96. The summed E-state index contributed by atoms with van der Waals surface area (Å²) in [7, 11) is 0. The summed E-state index contributed by atoms with van der Waals surface area (Å²) in [5.74, 6) is 7.36. The van der Waals surface area contributed by atoms with Gasteiger partial charge in [0.2, 0.25) is 0 Å². The van der Waals surface area contributed by atoms with Gasteiger partial charge >= 0.3 is 0 Å². The van der Waals surface area contributed by atoms with E-state index < -0.39 is 0 Å². The number of nitrogens with zero attached hydrogens (tertiary/aromatic N) is 1. The predicted molar refractivity (Wildman–Crippen MR) is 122 cm³/mol. The molecular formula is C20H21ClN2OS3. The van der Waals surface area contributed by atoms with Gasteiger partial charge in [0, 0.05) is 33.3 Å². The Morgan fingerprint density at radius 1 is 1.33 bits per heavy atom. The van der Waals surface area contributed by atoms with E-state index in [1.807, 2.05) is 55.9 Å². The Balaban J connectivity index is 1.71. The second-order valence-corrected chi connectivity index (χ2v) is 9.97. The number of thiocarbonyl (C=S) groups is 1. The van der Waals surface area contributed by atoms with Gasteiger partial charge in [0.1, 0.15) is 5.37 Å². The smallest absolute Gasteiger partial charge is 0.174 e. The number of aliphatic hydroxyl groups is 1. The summed E-state index contributed by atoms with van der Waals surface area (Å²) in [6.07, 6.45) is 0. The van der Waals surface area contributed by atoms with E-state index in [2.05, 4.69) is 28.1 Å². The highest BCUT2D eigenvalue weighted by atomic mass is 35.5. The summed E-state index contributed by atoms with van der Waals surface area (Å²) in [6, 6.07) is 11.7. The van der Waals surface area contributed by atoms with Crippen LogP contribution in [0, 0.1) is 17.3 Å². The Kier molecular flexibility index (Phi) is 6.72. The van der Waals surface area contributed by atoms with Gasteiger partial charge in [-0.15, -0.1) is 23.1 Å². The molecule has 3 nitrogen and oxygen atoms in total. The van der Waals surface area contributed by atoms with Crippen molar-refractivity contribution in [2.24, 2.45) is 5.41 Å². The van der Waals surface area contributed by atoms with Crippen LogP contribution in [0.4, 0.5) is 5.69 Å². The number of hydrogen-bond acceptors (Lipinski definition) is 4. The first-order chi connectivity index (χ1) is 12.9. The fourth-order valence-electron chi connectivity index (χ4n) is 2.47. The molecule has 0 bridgehead atoms. The molecule has 3 rings (SSSR count). The highest BCUT2D eigenvalue weighted by molar-refractivity contribution is 7.99. The predicted octanol–water partition coefficient (Wildman–Crippen LogP) is 5.22. The Morgan fingerprint density at radius 2 is 2.07 bits per heavy atom.